The predicted octanol–water partition coefficient (Wildman–Crippen LogP) is 1.90. The highest BCUT2D eigenvalue weighted by Gasteiger charge is 2.17. The van der Waals surface area contributed by atoms with Crippen LogP contribution in [-0.2, 0) is 9.59 Å². The Morgan fingerprint density at radius 1 is 1.39 bits per heavy atom. The van der Waals surface area contributed by atoms with Gasteiger partial charge in [0.1, 0.15) is 11.9 Å². The molecule has 1 aromatic rings. The molecule has 0 saturated carbocycles. The minimum Gasteiger partial charge on any atom is -0.480 e. The van der Waals surface area contributed by atoms with Crippen LogP contribution in [-0.4, -0.2) is 28.8 Å². The minimum absolute atomic E-state index is 0.107. The third-order valence-electron chi connectivity index (χ3n) is 2.23. The molecule has 1 atom stereocenters. The van der Waals surface area contributed by atoms with E-state index in [4.69, 9.17) is 5.11 Å². The Morgan fingerprint density at radius 3 is 2.50 bits per heavy atom. The smallest absolute Gasteiger partial charge is 0.326 e. The van der Waals surface area contributed by atoms with Gasteiger partial charge in [0.05, 0.1) is 5.75 Å². The first-order valence-corrected chi connectivity index (χ1v) is 6.42. The van der Waals surface area contributed by atoms with Crippen molar-refractivity contribution in [1.82, 2.24) is 5.32 Å². The number of hydrogen-bond donors (Lipinski definition) is 2. The standard InChI is InChI=1S/C12H14FNO3S/c1-2-10(12(16)17)14-11(15)7-18-9-5-3-8(13)4-6-9/h3-6,10H,2,7H2,1H3,(H,14,15)(H,16,17). The highest BCUT2D eigenvalue weighted by atomic mass is 32.2. The number of rotatable bonds is 6. The number of carbonyl (C=O) groups excluding carboxylic acids is 1. The minimum atomic E-state index is -1.04. The van der Waals surface area contributed by atoms with Crippen LogP contribution in [0.3, 0.4) is 0 Å². The Balaban J connectivity index is 2.41. The van der Waals surface area contributed by atoms with E-state index in [0.29, 0.717) is 6.42 Å². The van der Waals surface area contributed by atoms with Gasteiger partial charge >= 0.3 is 5.97 Å². The first-order chi connectivity index (χ1) is 8.52. The summed E-state index contributed by atoms with van der Waals surface area (Å²) >= 11 is 1.23. The van der Waals surface area contributed by atoms with Crippen LogP contribution in [0.25, 0.3) is 0 Å². The molecule has 98 valence electrons. The van der Waals surface area contributed by atoms with Crippen molar-refractivity contribution in [1.29, 1.82) is 0 Å². The number of benzene rings is 1. The van der Waals surface area contributed by atoms with Crippen LogP contribution in [0, 0.1) is 5.82 Å². The van der Waals surface area contributed by atoms with Gasteiger partial charge in [-0.25, -0.2) is 9.18 Å². The maximum Gasteiger partial charge on any atom is 0.326 e. The molecule has 2 N–H and O–H groups in total. The molecule has 18 heavy (non-hydrogen) atoms. The molecule has 1 amide bonds. The van der Waals surface area contributed by atoms with Crippen molar-refractivity contribution < 1.29 is 19.1 Å². The van der Waals surface area contributed by atoms with E-state index in [1.54, 1.807) is 19.1 Å². The van der Waals surface area contributed by atoms with Crippen LogP contribution in [0.4, 0.5) is 4.39 Å². The van der Waals surface area contributed by atoms with Crippen LogP contribution in [0.1, 0.15) is 13.3 Å². The van der Waals surface area contributed by atoms with Crippen molar-refractivity contribution in [3.05, 3.63) is 30.1 Å². The van der Waals surface area contributed by atoms with E-state index in [-0.39, 0.29) is 17.5 Å². The molecule has 1 aromatic carbocycles. The molecule has 0 spiro atoms. The molecule has 6 heteroatoms. The second-order valence-electron chi connectivity index (χ2n) is 3.61. The lowest BCUT2D eigenvalue weighted by Gasteiger charge is -2.11. The molecular weight excluding hydrogens is 257 g/mol. The van der Waals surface area contributed by atoms with Gasteiger partial charge in [0.15, 0.2) is 0 Å². The summed E-state index contributed by atoms with van der Waals surface area (Å²) in [4.78, 5) is 23.0. The lowest BCUT2D eigenvalue weighted by atomic mass is 10.2. The largest absolute Gasteiger partial charge is 0.480 e. The summed E-state index contributed by atoms with van der Waals surface area (Å²) in [6, 6.07) is 4.91. The zero-order chi connectivity index (χ0) is 13.5. The Labute approximate surface area is 109 Å². The molecule has 0 fully saturated rings. The van der Waals surface area contributed by atoms with Gasteiger partial charge in [0.2, 0.25) is 5.91 Å². The van der Waals surface area contributed by atoms with Gasteiger partial charge in [-0.05, 0) is 30.7 Å². The lowest BCUT2D eigenvalue weighted by Crippen LogP contribution is -2.41. The van der Waals surface area contributed by atoms with Gasteiger partial charge < -0.3 is 10.4 Å². The lowest BCUT2D eigenvalue weighted by molar-refractivity contribution is -0.141. The van der Waals surface area contributed by atoms with Gasteiger partial charge in [-0.15, -0.1) is 11.8 Å². The van der Waals surface area contributed by atoms with Crippen LogP contribution in [0.2, 0.25) is 0 Å². The monoisotopic (exact) mass is 271 g/mol. The van der Waals surface area contributed by atoms with Crippen molar-refractivity contribution in [2.75, 3.05) is 5.75 Å². The summed E-state index contributed by atoms with van der Waals surface area (Å²) in [6.07, 6.45) is 0.336. The van der Waals surface area contributed by atoms with E-state index >= 15 is 0 Å². The summed E-state index contributed by atoms with van der Waals surface area (Å²) in [5, 5.41) is 11.2. The number of carboxylic acid groups (broad SMARTS) is 1. The van der Waals surface area contributed by atoms with E-state index < -0.39 is 12.0 Å². The first kappa shape index (κ1) is 14.5. The molecule has 1 rings (SSSR count). The molecule has 0 heterocycles. The summed E-state index contributed by atoms with van der Waals surface area (Å²) in [5.74, 6) is -1.62. The van der Waals surface area contributed by atoms with E-state index in [9.17, 15) is 14.0 Å². The summed E-state index contributed by atoms with van der Waals surface area (Å²) in [5.41, 5.74) is 0. The number of halogens is 1. The van der Waals surface area contributed by atoms with E-state index in [2.05, 4.69) is 5.32 Å². The second-order valence-corrected chi connectivity index (χ2v) is 4.66. The number of nitrogens with one attached hydrogen (secondary N) is 1. The van der Waals surface area contributed by atoms with Crippen LogP contribution in [0.15, 0.2) is 29.2 Å². The molecule has 1 unspecified atom stereocenters. The van der Waals surface area contributed by atoms with Gasteiger partial charge in [-0.2, -0.15) is 0 Å². The topological polar surface area (TPSA) is 66.4 Å². The first-order valence-electron chi connectivity index (χ1n) is 5.43. The Morgan fingerprint density at radius 2 is 2.00 bits per heavy atom. The summed E-state index contributed by atoms with van der Waals surface area (Å²) in [6.45, 7) is 1.69. The average Bonchev–Trinajstić information content (AvgIpc) is 2.35. The average molecular weight is 271 g/mol. The number of carbonyl (C=O) groups is 2. The summed E-state index contributed by atoms with van der Waals surface area (Å²) < 4.78 is 12.6. The number of hydrogen-bond acceptors (Lipinski definition) is 3. The van der Waals surface area contributed by atoms with Crippen molar-refractivity contribution in [2.45, 2.75) is 24.3 Å². The van der Waals surface area contributed by atoms with Crippen molar-refractivity contribution >= 4 is 23.6 Å². The highest BCUT2D eigenvalue weighted by molar-refractivity contribution is 8.00. The van der Waals surface area contributed by atoms with E-state index in [1.807, 2.05) is 0 Å². The van der Waals surface area contributed by atoms with E-state index in [1.165, 1.54) is 23.9 Å². The number of amides is 1. The van der Waals surface area contributed by atoms with Gasteiger partial charge in [0, 0.05) is 4.90 Å². The predicted molar refractivity (Wildman–Crippen MR) is 67.0 cm³/mol. The fourth-order valence-corrected chi connectivity index (χ4v) is 1.96. The summed E-state index contributed by atoms with van der Waals surface area (Å²) in [7, 11) is 0. The molecule has 0 aromatic heterocycles. The van der Waals surface area contributed by atoms with Gasteiger partial charge in [-0.1, -0.05) is 6.92 Å². The SMILES string of the molecule is CCC(NC(=O)CSc1ccc(F)cc1)C(=O)O. The highest BCUT2D eigenvalue weighted by Crippen LogP contribution is 2.17. The number of thioether (sulfide) groups is 1. The quantitative estimate of drug-likeness (QED) is 0.775. The maximum absolute atomic E-state index is 12.6. The molecule has 0 aliphatic rings. The maximum atomic E-state index is 12.6. The van der Waals surface area contributed by atoms with Crippen molar-refractivity contribution in [3.63, 3.8) is 0 Å². The van der Waals surface area contributed by atoms with Crippen molar-refractivity contribution in [3.8, 4) is 0 Å². The van der Waals surface area contributed by atoms with Gasteiger partial charge in [-0.3, -0.25) is 4.79 Å². The Bertz CT molecular complexity index is 422. The van der Waals surface area contributed by atoms with Gasteiger partial charge in [0.25, 0.3) is 0 Å². The molecule has 0 saturated heterocycles. The zero-order valence-electron chi connectivity index (χ0n) is 9.85. The van der Waals surface area contributed by atoms with Crippen molar-refractivity contribution in [2.24, 2.45) is 0 Å². The third kappa shape index (κ3) is 4.75. The number of carboxylic acids is 1. The van der Waals surface area contributed by atoms with E-state index in [0.717, 1.165) is 4.90 Å². The molecule has 4 nitrogen and oxygen atoms in total. The Kier molecular flexibility index (Phi) is 5.64. The number of aliphatic carboxylic acids is 1. The molecule has 0 aliphatic heterocycles. The fourth-order valence-electron chi connectivity index (χ4n) is 1.25. The van der Waals surface area contributed by atoms with Crippen LogP contribution < -0.4 is 5.32 Å². The normalized spacial score (nSPS) is 11.9. The molecular formula is C12H14FNO3S. The Hall–Kier alpha value is -1.56. The second kappa shape index (κ2) is 7.00. The molecule has 0 bridgehead atoms. The third-order valence-corrected chi connectivity index (χ3v) is 3.24. The zero-order valence-corrected chi connectivity index (χ0v) is 10.7. The fraction of sp³-hybridized carbons (Fsp3) is 0.333. The van der Waals surface area contributed by atoms with Crippen LogP contribution >= 0.6 is 11.8 Å². The molecule has 0 radical (unpaired) electrons. The van der Waals surface area contributed by atoms with Crippen LogP contribution in [0.5, 0.6) is 0 Å². The molecule has 0 aliphatic carbocycles.